The molecule has 2 aromatic carbocycles. The normalized spacial score (nSPS) is 13.9. The molecule has 3 rings (SSSR count). The first-order valence-corrected chi connectivity index (χ1v) is 8.18. The number of rotatable bonds is 4. The molecule has 1 unspecified atom stereocenters. The highest BCUT2D eigenvalue weighted by Gasteiger charge is 2.15. The van der Waals surface area contributed by atoms with Gasteiger partial charge in [-0.3, -0.25) is 0 Å². The van der Waals surface area contributed by atoms with Gasteiger partial charge >= 0.3 is 6.03 Å². The van der Waals surface area contributed by atoms with Crippen molar-refractivity contribution in [1.29, 1.82) is 0 Å². The molecular weight excluding hydrogens is 328 g/mol. The lowest BCUT2D eigenvalue weighted by Crippen LogP contribution is -2.36. The highest BCUT2D eigenvalue weighted by atomic mass is 35.5. The molecular formula is C18H19ClN2O3. The van der Waals surface area contributed by atoms with Crippen LogP contribution >= 0.6 is 11.6 Å². The van der Waals surface area contributed by atoms with Gasteiger partial charge in [0, 0.05) is 11.6 Å². The second kappa shape index (κ2) is 7.45. The third-order valence-electron chi connectivity index (χ3n) is 3.76. The second-order valence-electron chi connectivity index (χ2n) is 5.58. The van der Waals surface area contributed by atoms with Crippen molar-refractivity contribution in [2.24, 2.45) is 0 Å². The van der Waals surface area contributed by atoms with E-state index in [-0.39, 0.29) is 12.1 Å². The minimum atomic E-state index is -0.239. The average molecular weight is 347 g/mol. The molecule has 0 saturated heterocycles. The number of hydrogen-bond donors (Lipinski definition) is 2. The van der Waals surface area contributed by atoms with Gasteiger partial charge in [0.25, 0.3) is 0 Å². The number of benzene rings is 2. The zero-order valence-corrected chi connectivity index (χ0v) is 14.1. The van der Waals surface area contributed by atoms with Crippen LogP contribution < -0.4 is 20.1 Å². The van der Waals surface area contributed by atoms with Gasteiger partial charge < -0.3 is 20.1 Å². The van der Waals surface area contributed by atoms with Crippen LogP contribution in [0.15, 0.2) is 42.5 Å². The van der Waals surface area contributed by atoms with Gasteiger partial charge in [-0.15, -0.1) is 0 Å². The standard InChI is InChI=1S/C18H19ClN2O3/c1-12(14-5-6-16-17(10-14)24-8-7-23-16)21-18(22)20-11-13-3-2-4-15(19)9-13/h2-6,9-10,12H,7-8,11H2,1H3,(H2,20,21,22). The van der Waals surface area contributed by atoms with Crippen molar-refractivity contribution in [1.82, 2.24) is 10.6 Å². The maximum absolute atomic E-state index is 12.1. The van der Waals surface area contributed by atoms with Gasteiger partial charge in [0.2, 0.25) is 0 Å². The molecule has 0 radical (unpaired) electrons. The predicted octanol–water partition coefficient (Wildman–Crippen LogP) is 3.67. The largest absolute Gasteiger partial charge is 0.486 e. The molecule has 0 fully saturated rings. The van der Waals surface area contributed by atoms with Crippen LogP contribution in [0.4, 0.5) is 4.79 Å². The first-order chi connectivity index (χ1) is 11.6. The summed E-state index contributed by atoms with van der Waals surface area (Å²) in [5.74, 6) is 1.45. The van der Waals surface area contributed by atoms with Crippen LogP contribution in [0.2, 0.25) is 5.02 Å². The second-order valence-corrected chi connectivity index (χ2v) is 6.02. The van der Waals surface area contributed by atoms with E-state index >= 15 is 0 Å². The molecule has 2 N–H and O–H groups in total. The minimum Gasteiger partial charge on any atom is -0.486 e. The molecule has 2 amide bonds. The summed E-state index contributed by atoms with van der Waals surface area (Å²) in [5, 5.41) is 6.39. The van der Waals surface area contributed by atoms with E-state index in [9.17, 15) is 4.79 Å². The number of urea groups is 1. The first-order valence-electron chi connectivity index (χ1n) is 7.80. The molecule has 0 saturated carbocycles. The lowest BCUT2D eigenvalue weighted by Gasteiger charge is -2.21. The summed E-state index contributed by atoms with van der Waals surface area (Å²) in [6, 6.07) is 12.7. The first kappa shape index (κ1) is 16.5. The van der Waals surface area contributed by atoms with Crippen molar-refractivity contribution in [2.45, 2.75) is 19.5 Å². The van der Waals surface area contributed by atoms with E-state index in [1.807, 2.05) is 43.3 Å². The summed E-state index contributed by atoms with van der Waals surface area (Å²) in [6.45, 7) is 3.44. The molecule has 1 heterocycles. The third-order valence-corrected chi connectivity index (χ3v) is 3.99. The Labute approximate surface area is 145 Å². The molecule has 126 valence electrons. The minimum absolute atomic E-state index is 0.153. The Hall–Kier alpha value is -2.40. The number of hydrogen-bond acceptors (Lipinski definition) is 3. The van der Waals surface area contributed by atoms with E-state index < -0.39 is 0 Å². The maximum atomic E-state index is 12.1. The van der Waals surface area contributed by atoms with E-state index in [4.69, 9.17) is 21.1 Å². The van der Waals surface area contributed by atoms with Gasteiger partial charge in [0.1, 0.15) is 13.2 Å². The van der Waals surface area contributed by atoms with Gasteiger partial charge in [-0.05, 0) is 42.3 Å². The summed E-state index contributed by atoms with van der Waals surface area (Å²) in [7, 11) is 0. The summed E-state index contributed by atoms with van der Waals surface area (Å²) in [4.78, 5) is 12.1. The zero-order valence-electron chi connectivity index (χ0n) is 13.3. The van der Waals surface area contributed by atoms with Crippen molar-refractivity contribution >= 4 is 17.6 Å². The molecule has 1 aliphatic rings. The Kier molecular flexibility index (Phi) is 5.11. The highest BCUT2D eigenvalue weighted by Crippen LogP contribution is 2.32. The van der Waals surface area contributed by atoms with Crippen molar-refractivity contribution < 1.29 is 14.3 Å². The number of fused-ring (bicyclic) bond motifs is 1. The van der Waals surface area contributed by atoms with Crippen LogP contribution in [-0.2, 0) is 6.54 Å². The molecule has 0 bridgehead atoms. The summed E-state index contributed by atoms with van der Waals surface area (Å²) in [6.07, 6.45) is 0. The average Bonchev–Trinajstić information content (AvgIpc) is 2.59. The number of amides is 2. The maximum Gasteiger partial charge on any atom is 0.315 e. The Bertz CT molecular complexity index is 736. The number of halogens is 1. The van der Waals surface area contributed by atoms with Gasteiger partial charge in [0.05, 0.1) is 6.04 Å². The summed E-state index contributed by atoms with van der Waals surface area (Å²) < 4.78 is 11.1. The van der Waals surface area contributed by atoms with E-state index in [1.165, 1.54) is 0 Å². The van der Waals surface area contributed by atoms with Crippen molar-refractivity contribution in [3.05, 3.63) is 58.6 Å². The molecule has 24 heavy (non-hydrogen) atoms. The van der Waals surface area contributed by atoms with Gasteiger partial charge in [-0.25, -0.2) is 4.79 Å². The third kappa shape index (κ3) is 4.11. The highest BCUT2D eigenvalue weighted by molar-refractivity contribution is 6.30. The molecule has 1 atom stereocenters. The molecule has 1 aliphatic heterocycles. The molecule has 2 aromatic rings. The van der Waals surface area contributed by atoms with Gasteiger partial charge in [-0.2, -0.15) is 0 Å². The molecule has 0 spiro atoms. The molecule has 0 aromatic heterocycles. The Morgan fingerprint density at radius 2 is 1.96 bits per heavy atom. The SMILES string of the molecule is CC(NC(=O)NCc1cccc(Cl)c1)c1ccc2c(c1)OCCO2. The lowest BCUT2D eigenvalue weighted by atomic mass is 10.1. The van der Waals surface area contributed by atoms with Gasteiger partial charge in [0.15, 0.2) is 11.5 Å². The topological polar surface area (TPSA) is 59.6 Å². The number of carbonyl (C=O) groups is 1. The Balaban J connectivity index is 1.56. The monoisotopic (exact) mass is 346 g/mol. The van der Waals surface area contributed by atoms with Crippen LogP contribution in [0.1, 0.15) is 24.1 Å². The number of carbonyl (C=O) groups excluding carboxylic acids is 1. The fourth-order valence-electron chi connectivity index (χ4n) is 2.49. The van der Waals surface area contributed by atoms with E-state index in [2.05, 4.69) is 10.6 Å². The summed E-state index contributed by atoms with van der Waals surface area (Å²) in [5.41, 5.74) is 1.90. The van der Waals surface area contributed by atoms with E-state index in [0.29, 0.717) is 30.5 Å². The van der Waals surface area contributed by atoms with Crippen LogP contribution in [0.25, 0.3) is 0 Å². The predicted molar refractivity (Wildman–Crippen MR) is 92.7 cm³/mol. The number of ether oxygens (including phenoxy) is 2. The van der Waals surface area contributed by atoms with E-state index in [0.717, 1.165) is 16.9 Å². The Morgan fingerprint density at radius 3 is 2.75 bits per heavy atom. The van der Waals surface area contributed by atoms with Crippen LogP contribution in [0, 0.1) is 0 Å². The van der Waals surface area contributed by atoms with Crippen molar-refractivity contribution in [3.8, 4) is 11.5 Å². The fourth-order valence-corrected chi connectivity index (χ4v) is 2.70. The zero-order chi connectivity index (χ0) is 16.9. The van der Waals surface area contributed by atoms with Gasteiger partial charge in [-0.1, -0.05) is 29.8 Å². The summed E-state index contributed by atoms with van der Waals surface area (Å²) >= 11 is 5.93. The van der Waals surface area contributed by atoms with Crippen molar-refractivity contribution in [2.75, 3.05) is 13.2 Å². The Morgan fingerprint density at radius 1 is 1.17 bits per heavy atom. The molecule has 0 aliphatic carbocycles. The van der Waals surface area contributed by atoms with Crippen LogP contribution in [0.5, 0.6) is 11.5 Å². The number of nitrogens with one attached hydrogen (secondary N) is 2. The van der Waals surface area contributed by atoms with Crippen LogP contribution in [0.3, 0.4) is 0 Å². The van der Waals surface area contributed by atoms with Crippen LogP contribution in [-0.4, -0.2) is 19.2 Å². The van der Waals surface area contributed by atoms with Crippen molar-refractivity contribution in [3.63, 3.8) is 0 Å². The molecule has 5 nitrogen and oxygen atoms in total. The smallest absolute Gasteiger partial charge is 0.315 e. The van der Waals surface area contributed by atoms with E-state index in [1.54, 1.807) is 6.07 Å². The quantitative estimate of drug-likeness (QED) is 0.888. The lowest BCUT2D eigenvalue weighted by molar-refractivity contribution is 0.171. The molecule has 6 heteroatoms. The fraction of sp³-hybridized carbons (Fsp3) is 0.278.